The smallest absolute Gasteiger partial charge is 0.237 e. The zero-order chi connectivity index (χ0) is 17.4. The van der Waals surface area contributed by atoms with E-state index in [-0.39, 0.29) is 0 Å². The van der Waals surface area contributed by atoms with Crippen LogP contribution in [0.15, 0.2) is 52.5 Å². The molecule has 2 rings (SSSR count). The summed E-state index contributed by atoms with van der Waals surface area (Å²) in [6, 6.07) is 7.60. The third-order valence-electron chi connectivity index (χ3n) is 3.53. The summed E-state index contributed by atoms with van der Waals surface area (Å²) < 4.78 is 11.1. The van der Waals surface area contributed by atoms with Gasteiger partial charge in [0.05, 0.1) is 6.61 Å². The number of aliphatic imine (C=N–C) groups is 2. The molecule has 0 aromatic heterocycles. The molecule has 1 aromatic carbocycles. The molecular formula is C18H18N2O4. The highest BCUT2D eigenvalue weighted by Gasteiger charge is 2.39. The molecule has 124 valence electrons. The monoisotopic (exact) mass is 326 g/mol. The van der Waals surface area contributed by atoms with Crippen molar-refractivity contribution in [3.05, 3.63) is 48.1 Å². The van der Waals surface area contributed by atoms with Gasteiger partial charge < -0.3 is 9.47 Å². The van der Waals surface area contributed by atoms with Crippen LogP contribution in [-0.4, -0.2) is 37.1 Å². The number of rotatable bonds is 7. The molecule has 0 fully saturated rings. The first-order valence-electron chi connectivity index (χ1n) is 7.63. The fourth-order valence-electron chi connectivity index (χ4n) is 2.50. The van der Waals surface area contributed by atoms with E-state index in [1.165, 1.54) is 12.2 Å². The number of hydrogen-bond donors (Lipinski definition) is 0. The van der Waals surface area contributed by atoms with Crippen molar-refractivity contribution in [1.29, 1.82) is 0 Å². The van der Waals surface area contributed by atoms with Gasteiger partial charge in [0.25, 0.3) is 0 Å². The van der Waals surface area contributed by atoms with Gasteiger partial charge >= 0.3 is 0 Å². The Bertz CT molecular complexity index is 723. The van der Waals surface area contributed by atoms with Crippen molar-refractivity contribution in [3.63, 3.8) is 0 Å². The van der Waals surface area contributed by atoms with Crippen molar-refractivity contribution in [2.75, 3.05) is 13.2 Å². The lowest BCUT2D eigenvalue weighted by molar-refractivity contribution is 0.0579. The molecular weight excluding hydrogens is 308 g/mol. The normalized spacial score (nSPS) is 22.1. The van der Waals surface area contributed by atoms with Crippen LogP contribution in [0.25, 0.3) is 5.57 Å². The van der Waals surface area contributed by atoms with E-state index in [1.54, 1.807) is 18.2 Å². The van der Waals surface area contributed by atoms with Crippen molar-refractivity contribution >= 4 is 17.7 Å². The molecule has 0 amide bonds. The van der Waals surface area contributed by atoms with Crippen molar-refractivity contribution in [3.8, 4) is 5.75 Å². The highest BCUT2D eigenvalue weighted by molar-refractivity contribution is 5.77. The number of ether oxygens (including phenoxy) is 2. The molecule has 6 nitrogen and oxygen atoms in total. The van der Waals surface area contributed by atoms with E-state index >= 15 is 0 Å². The van der Waals surface area contributed by atoms with Gasteiger partial charge in [-0.15, -0.1) is 0 Å². The lowest BCUT2D eigenvalue weighted by atomic mass is 9.91. The van der Waals surface area contributed by atoms with Gasteiger partial charge in [-0.25, -0.2) is 9.59 Å². The summed E-state index contributed by atoms with van der Waals surface area (Å²) in [7, 11) is 0. The summed E-state index contributed by atoms with van der Waals surface area (Å²) in [5.74, 6) is 0.755. The minimum absolute atomic E-state index is 0.367. The van der Waals surface area contributed by atoms with Gasteiger partial charge in [0.15, 0.2) is 0 Å². The Morgan fingerprint density at radius 1 is 1.17 bits per heavy atom. The molecule has 1 aliphatic carbocycles. The lowest BCUT2D eigenvalue weighted by Crippen LogP contribution is -2.39. The number of nitrogens with zero attached hydrogens (tertiary/aromatic N) is 2. The van der Waals surface area contributed by atoms with Gasteiger partial charge in [-0.2, -0.15) is 9.98 Å². The van der Waals surface area contributed by atoms with Gasteiger partial charge in [0.1, 0.15) is 11.9 Å². The second kappa shape index (κ2) is 8.18. The van der Waals surface area contributed by atoms with Crippen LogP contribution in [0.1, 0.15) is 19.4 Å². The van der Waals surface area contributed by atoms with E-state index in [9.17, 15) is 9.59 Å². The Hall–Kier alpha value is -2.78. The van der Waals surface area contributed by atoms with E-state index in [0.29, 0.717) is 13.2 Å². The van der Waals surface area contributed by atoms with E-state index in [2.05, 4.69) is 9.98 Å². The molecule has 0 aliphatic heterocycles. The van der Waals surface area contributed by atoms with E-state index in [1.807, 2.05) is 38.1 Å². The van der Waals surface area contributed by atoms with E-state index in [0.717, 1.165) is 16.9 Å². The van der Waals surface area contributed by atoms with Gasteiger partial charge in [0.2, 0.25) is 17.8 Å². The summed E-state index contributed by atoms with van der Waals surface area (Å²) in [5.41, 5.74) is 0.314. The molecule has 1 aromatic rings. The third kappa shape index (κ3) is 3.76. The predicted octanol–water partition coefficient (Wildman–Crippen LogP) is 2.81. The average molecular weight is 326 g/mol. The summed E-state index contributed by atoms with van der Waals surface area (Å²) in [5, 5.41) is 0. The predicted molar refractivity (Wildman–Crippen MR) is 89.1 cm³/mol. The molecule has 1 unspecified atom stereocenters. The second-order valence-corrected chi connectivity index (χ2v) is 4.98. The zero-order valence-electron chi connectivity index (χ0n) is 13.6. The minimum atomic E-state index is -1.46. The van der Waals surface area contributed by atoms with E-state index in [4.69, 9.17) is 9.47 Å². The number of hydrogen-bond acceptors (Lipinski definition) is 6. The van der Waals surface area contributed by atoms with Crippen LogP contribution in [0.5, 0.6) is 5.75 Å². The molecule has 1 atom stereocenters. The Balaban J connectivity index is 2.44. The fraction of sp³-hybridized carbons (Fsp3) is 0.333. The molecule has 1 aliphatic rings. The number of benzene rings is 1. The molecule has 0 spiro atoms. The Morgan fingerprint density at radius 3 is 2.54 bits per heavy atom. The third-order valence-corrected chi connectivity index (χ3v) is 3.53. The standard InChI is InChI=1S/C18H18N2O4/c1-3-23-16-7-5-6-14(10-16)15-8-9-18(19-12-21,20-13-22)17(11-15)24-4-2/h5-11,17H,3-4H2,1-2H3. The van der Waals surface area contributed by atoms with Gasteiger partial charge in [-0.05, 0) is 49.3 Å². The first-order chi connectivity index (χ1) is 11.7. The second-order valence-electron chi connectivity index (χ2n) is 4.98. The van der Waals surface area contributed by atoms with Crippen LogP contribution in [0.3, 0.4) is 0 Å². The molecule has 0 saturated carbocycles. The highest BCUT2D eigenvalue weighted by atomic mass is 16.5. The number of allylic oxidation sites excluding steroid dienone is 2. The fourth-order valence-corrected chi connectivity index (χ4v) is 2.50. The van der Waals surface area contributed by atoms with Crippen molar-refractivity contribution in [2.45, 2.75) is 25.6 Å². The molecule has 0 N–H and O–H groups in total. The van der Waals surface area contributed by atoms with Crippen LogP contribution in [0.2, 0.25) is 0 Å². The molecule has 0 heterocycles. The maximum atomic E-state index is 10.8. The molecule has 6 heteroatoms. The van der Waals surface area contributed by atoms with Crippen molar-refractivity contribution in [1.82, 2.24) is 0 Å². The van der Waals surface area contributed by atoms with Crippen LogP contribution in [0, 0.1) is 0 Å². The Kier molecular flexibility index (Phi) is 5.99. The topological polar surface area (TPSA) is 77.3 Å². The van der Waals surface area contributed by atoms with Gasteiger partial charge in [0, 0.05) is 6.61 Å². The Labute approximate surface area is 140 Å². The van der Waals surface area contributed by atoms with Crippen LogP contribution in [-0.2, 0) is 14.3 Å². The SMILES string of the molecule is CCOc1cccc(C2=CC(OCC)C(N=C=O)(N=C=O)C=C2)c1. The zero-order valence-corrected chi connectivity index (χ0v) is 13.6. The van der Waals surface area contributed by atoms with E-state index < -0.39 is 11.8 Å². The maximum absolute atomic E-state index is 10.8. The quantitative estimate of drug-likeness (QED) is 0.570. The Morgan fingerprint density at radius 2 is 1.92 bits per heavy atom. The summed E-state index contributed by atoms with van der Waals surface area (Å²) in [6.07, 6.45) is 7.26. The molecule has 0 radical (unpaired) electrons. The van der Waals surface area contributed by atoms with Crippen molar-refractivity contribution in [2.24, 2.45) is 9.98 Å². The average Bonchev–Trinajstić information content (AvgIpc) is 2.58. The van der Waals surface area contributed by atoms with Crippen molar-refractivity contribution < 1.29 is 19.1 Å². The lowest BCUT2D eigenvalue weighted by Gasteiger charge is -2.30. The maximum Gasteiger partial charge on any atom is 0.237 e. The molecule has 24 heavy (non-hydrogen) atoms. The summed E-state index contributed by atoms with van der Waals surface area (Å²) in [6.45, 7) is 4.67. The molecule has 0 bridgehead atoms. The van der Waals surface area contributed by atoms with Gasteiger partial charge in [-0.1, -0.05) is 18.2 Å². The van der Waals surface area contributed by atoms with Crippen LogP contribution >= 0.6 is 0 Å². The first-order valence-corrected chi connectivity index (χ1v) is 7.63. The van der Waals surface area contributed by atoms with Gasteiger partial charge in [-0.3, -0.25) is 0 Å². The highest BCUT2D eigenvalue weighted by Crippen LogP contribution is 2.33. The molecule has 0 saturated heterocycles. The number of isocyanates is 2. The number of carbonyl (C=O) groups excluding carboxylic acids is 2. The van der Waals surface area contributed by atoms with Crippen LogP contribution in [0.4, 0.5) is 0 Å². The summed E-state index contributed by atoms with van der Waals surface area (Å²) in [4.78, 5) is 28.9. The largest absolute Gasteiger partial charge is 0.494 e. The first kappa shape index (κ1) is 17.6. The summed E-state index contributed by atoms with van der Waals surface area (Å²) >= 11 is 0. The van der Waals surface area contributed by atoms with Crippen LogP contribution < -0.4 is 4.74 Å². The minimum Gasteiger partial charge on any atom is -0.494 e.